The summed E-state index contributed by atoms with van der Waals surface area (Å²) in [7, 11) is 1.77. The molecule has 7 heterocycles. The second kappa shape index (κ2) is 19.5. The van der Waals surface area contributed by atoms with Crippen LogP contribution in [0, 0.1) is 23.7 Å². The summed E-state index contributed by atoms with van der Waals surface area (Å²) in [5.41, 5.74) is 2.60. The Morgan fingerprint density at radius 2 is 1.63 bits per heavy atom. The standard InChI is InChI=1S/C49H61F2N11O5/c1-58-44-35(3-2-4-39(44)62(49(58)66)40-11-12-42(63)56-47(40)65)27-60-21-16-31(17-22-60)23-30-14-19-59(20-15-30)26-33-7-9-36(10-8-33)61-28-37(43(57-61)45(50)51)54-46(64)38-29-67-48(55-38)34-13-18-52-41(24-34)53-25-32-5-6-32/h2-4,13,18,24,28-33,36,40,45H,5-12,14-17,19-23,25-27H2,1H3,(H,52,53)(H,54,64)(H,56,63,65)/t33-,36-,40?. The second-order valence-electron chi connectivity index (χ2n) is 19.8. The number of hydrogen-bond donors (Lipinski definition) is 3. The quantitative estimate of drug-likeness (QED) is 0.0897. The molecule has 3 amide bonds. The third-order valence-electron chi connectivity index (χ3n) is 15.1. The Kier molecular flexibility index (Phi) is 13.1. The molecule has 0 radical (unpaired) electrons. The lowest BCUT2D eigenvalue weighted by atomic mass is 9.82. The van der Waals surface area contributed by atoms with Crippen LogP contribution >= 0.6 is 0 Å². The number of hydrogen-bond acceptors (Lipinski definition) is 11. The summed E-state index contributed by atoms with van der Waals surface area (Å²) in [6, 6.07) is 8.79. The molecule has 356 valence electrons. The Hall–Kier alpha value is -5.75. The average molecular weight is 922 g/mol. The number of fused-ring (bicyclic) bond motifs is 1. The molecule has 1 atom stereocenters. The molecule has 5 fully saturated rings. The Labute approximate surface area is 387 Å². The maximum Gasteiger partial charge on any atom is 0.329 e. The first-order valence-corrected chi connectivity index (χ1v) is 24.3. The first kappa shape index (κ1) is 45.1. The van der Waals surface area contributed by atoms with E-state index in [1.54, 1.807) is 33.1 Å². The number of alkyl halides is 2. The smallest absolute Gasteiger partial charge is 0.329 e. The van der Waals surface area contributed by atoms with Crippen LogP contribution in [0.4, 0.5) is 20.3 Å². The fourth-order valence-electron chi connectivity index (χ4n) is 11.1. The molecule has 3 saturated heterocycles. The van der Waals surface area contributed by atoms with Gasteiger partial charge in [0, 0.05) is 51.1 Å². The summed E-state index contributed by atoms with van der Waals surface area (Å²) in [5.74, 6) is 2.25. The molecule has 1 unspecified atom stereocenters. The van der Waals surface area contributed by atoms with E-state index in [1.807, 2.05) is 18.2 Å². The van der Waals surface area contributed by atoms with Crippen LogP contribution in [0.5, 0.6) is 0 Å². The average Bonchev–Trinajstić information content (AvgIpc) is 3.73. The number of rotatable bonds is 15. The molecule has 0 spiro atoms. The summed E-state index contributed by atoms with van der Waals surface area (Å²) in [5, 5.41) is 12.6. The SMILES string of the molecule is Cn1c(=O)n(C2CCC(=O)NC2=O)c2cccc(CN3CCC(CC4CCN(C[C@H]5CC[C@H](n6cc(NC(=O)c7coc(-c8ccnc(NCC9CC9)c8)n7)c(C(F)F)n6)CC5)CC4)CC3)c21. The molecular weight excluding hydrogens is 861 g/mol. The van der Waals surface area contributed by atoms with Crippen molar-refractivity contribution in [3.8, 4) is 11.5 Å². The van der Waals surface area contributed by atoms with Gasteiger partial charge in [0.2, 0.25) is 17.7 Å². The zero-order valence-electron chi connectivity index (χ0n) is 38.2. The zero-order valence-corrected chi connectivity index (χ0v) is 38.2. The number of imide groups is 1. The van der Waals surface area contributed by atoms with Crippen molar-refractivity contribution >= 4 is 40.3 Å². The monoisotopic (exact) mass is 921 g/mol. The molecule has 3 aliphatic heterocycles. The first-order chi connectivity index (χ1) is 32.5. The summed E-state index contributed by atoms with van der Waals surface area (Å²) >= 11 is 0. The van der Waals surface area contributed by atoms with Crippen LogP contribution in [-0.2, 0) is 23.2 Å². The van der Waals surface area contributed by atoms with Gasteiger partial charge in [-0.1, -0.05) is 12.1 Å². The van der Waals surface area contributed by atoms with E-state index >= 15 is 0 Å². The van der Waals surface area contributed by atoms with Crippen molar-refractivity contribution in [1.82, 2.24) is 44.0 Å². The van der Waals surface area contributed by atoms with Crippen molar-refractivity contribution in [3.05, 3.63) is 76.4 Å². The Morgan fingerprint density at radius 3 is 2.34 bits per heavy atom. The predicted molar refractivity (Wildman–Crippen MR) is 247 cm³/mol. The van der Waals surface area contributed by atoms with Gasteiger partial charge in [0.25, 0.3) is 12.3 Å². The highest BCUT2D eigenvalue weighted by molar-refractivity contribution is 6.03. The van der Waals surface area contributed by atoms with E-state index in [0.717, 1.165) is 107 Å². The molecule has 0 bridgehead atoms. The maximum atomic E-state index is 14.2. The topological polar surface area (TPSA) is 177 Å². The molecule has 67 heavy (non-hydrogen) atoms. The summed E-state index contributed by atoms with van der Waals surface area (Å²) in [6.45, 7) is 6.90. The van der Waals surface area contributed by atoms with Gasteiger partial charge in [0.1, 0.15) is 18.1 Å². The number of piperidine rings is 3. The van der Waals surface area contributed by atoms with Crippen molar-refractivity contribution in [3.63, 3.8) is 0 Å². The van der Waals surface area contributed by atoms with Crippen molar-refractivity contribution in [2.75, 3.05) is 49.9 Å². The Morgan fingerprint density at radius 1 is 0.896 bits per heavy atom. The van der Waals surface area contributed by atoms with Crippen LogP contribution in [0.25, 0.3) is 22.5 Å². The number of pyridine rings is 1. The Balaban J connectivity index is 0.658. The number of nitrogens with zero attached hydrogens (tertiary/aromatic N) is 8. The third kappa shape index (κ3) is 10.1. The van der Waals surface area contributed by atoms with Crippen molar-refractivity contribution in [2.45, 2.75) is 109 Å². The minimum Gasteiger partial charge on any atom is -0.444 e. The maximum absolute atomic E-state index is 14.2. The van der Waals surface area contributed by atoms with Gasteiger partial charge < -0.3 is 20.0 Å². The Bertz CT molecular complexity index is 2650. The van der Waals surface area contributed by atoms with Crippen LogP contribution in [0.1, 0.15) is 124 Å². The first-order valence-electron chi connectivity index (χ1n) is 24.3. The number of amides is 3. The molecule has 16 nitrogen and oxygen atoms in total. The number of imidazole rings is 1. The van der Waals surface area contributed by atoms with Crippen LogP contribution < -0.4 is 21.6 Å². The van der Waals surface area contributed by atoms with Crippen LogP contribution in [0.15, 0.2) is 58.2 Å². The lowest BCUT2D eigenvalue weighted by Gasteiger charge is -2.38. The van der Waals surface area contributed by atoms with Gasteiger partial charge in [-0.2, -0.15) is 5.10 Å². The number of oxazole rings is 1. The molecular formula is C49H61F2N11O5. The molecule has 4 aromatic heterocycles. The number of halogens is 2. The number of carbonyl (C=O) groups excluding carboxylic acids is 3. The number of aromatic nitrogens is 6. The zero-order chi connectivity index (χ0) is 46.2. The van der Waals surface area contributed by atoms with E-state index in [9.17, 15) is 28.0 Å². The van der Waals surface area contributed by atoms with Crippen molar-refractivity contribution < 1.29 is 27.6 Å². The van der Waals surface area contributed by atoms with Gasteiger partial charge >= 0.3 is 5.69 Å². The number of anilines is 2. The minimum atomic E-state index is -2.85. The molecule has 5 aromatic rings. The van der Waals surface area contributed by atoms with Gasteiger partial charge in [-0.3, -0.25) is 38.4 Å². The lowest BCUT2D eigenvalue weighted by Crippen LogP contribution is -2.44. The van der Waals surface area contributed by atoms with Crippen LogP contribution in [-0.4, -0.2) is 95.7 Å². The number of carbonyl (C=O) groups is 3. The van der Waals surface area contributed by atoms with E-state index in [0.29, 0.717) is 35.6 Å². The van der Waals surface area contributed by atoms with Gasteiger partial charge in [0.05, 0.1) is 22.8 Å². The molecule has 2 saturated carbocycles. The van der Waals surface area contributed by atoms with E-state index in [-0.39, 0.29) is 41.3 Å². The summed E-state index contributed by atoms with van der Waals surface area (Å²) in [6.07, 6.45) is 14.2. The molecule has 10 rings (SSSR count). The molecule has 5 aliphatic rings. The minimum absolute atomic E-state index is 0.0148. The summed E-state index contributed by atoms with van der Waals surface area (Å²) < 4.78 is 38.9. The fraction of sp³-hybridized carbons (Fsp3) is 0.571. The van der Waals surface area contributed by atoms with Crippen molar-refractivity contribution in [1.29, 1.82) is 0 Å². The molecule has 2 aliphatic carbocycles. The number of aryl methyl sites for hydroxylation is 1. The van der Waals surface area contributed by atoms with Crippen LogP contribution in [0.3, 0.4) is 0 Å². The fourth-order valence-corrected chi connectivity index (χ4v) is 11.1. The number of likely N-dealkylation sites (tertiary alicyclic amines) is 2. The third-order valence-corrected chi connectivity index (χ3v) is 15.1. The summed E-state index contributed by atoms with van der Waals surface area (Å²) in [4.78, 5) is 64.9. The van der Waals surface area contributed by atoms with Gasteiger partial charge in [0.15, 0.2) is 11.4 Å². The van der Waals surface area contributed by atoms with Gasteiger partial charge in [-0.15, -0.1) is 0 Å². The van der Waals surface area contributed by atoms with E-state index in [4.69, 9.17) is 4.42 Å². The molecule has 3 N–H and O–H groups in total. The second-order valence-corrected chi connectivity index (χ2v) is 19.8. The van der Waals surface area contributed by atoms with E-state index < -0.39 is 30.0 Å². The normalized spacial score (nSPS) is 22.7. The highest BCUT2D eigenvalue weighted by Crippen LogP contribution is 2.37. The van der Waals surface area contributed by atoms with E-state index in [1.165, 1.54) is 44.6 Å². The van der Waals surface area contributed by atoms with Gasteiger partial charge in [-0.05, 0) is 151 Å². The largest absolute Gasteiger partial charge is 0.444 e. The van der Waals surface area contributed by atoms with Gasteiger partial charge in [-0.25, -0.2) is 23.5 Å². The molecule has 1 aromatic carbocycles. The van der Waals surface area contributed by atoms with Crippen LogP contribution in [0.2, 0.25) is 0 Å². The van der Waals surface area contributed by atoms with Crippen molar-refractivity contribution in [2.24, 2.45) is 30.7 Å². The lowest BCUT2D eigenvalue weighted by molar-refractivity contribution is -0.135. The highest BCUT2D eigenvalue weighted by Gasteiger charge is 2.34. The number of nitrogens with one attached hydrogen (secondary N) is 3. The highest BCUT2D eigenvalue weighted by atomic mass is 19.3. The number of benzene rings is 1. The molecule has 18 heteroatoms. The predicted octanol–water partition coefficient (Wildman–Crippen LogP) is 7.32. The van der Waals surface area contributed by atoms with E-state index in [2.05, 4.69) is 46.9 Å². The number of para-hydroxylation sites is 1.